The summed E-state index contributed by atoms with van der Waals surface area (Å²) in [6.07, 6.45) is 6.83. The summed E-state index contributed by atoms with van der Waals surface area (Å²) in [5, 5.41) is 9.24. The van der Waals surface area contributed by atoms with Crippen molar-refractivity contribution in [2.75, 3.05) is 13.1 Å². The fourth-order valence-corrected chi connectivity index (χ4v) is 4.00. The number of hydrogen-bond acceptors (Lipinski definition) is 6. The molecule has 1 saturated heterocycles. The number of likely N-dealkylation sites (tertiary alicyclic amines) is 1. The average molecular weight is 354 g/mol. The van der Waals surface area contributed by atoms with Gasteiger partial charge in [-0.25, -0.2) is 9.97 Å². The van der Waals surface area contributed by atoms with Crippen LogP contribution < -0.4 is 0 Å². The SMILES string of the molecule is Cc1ccsc1C(=O)N1CCCC(c2nc(-c3cnccn3)n[nH]2)C1. The highest BCUT2D eigenvalue weighted by molar-refractivity contribution is 7.12. The van der Waals surface area contributed by atoms with E-state index in [4.69, 9.17) is 0 Å². The quantitative estimate of drug-likeness (QED) is 0.781. The fraction of sp³-hybridized carbons (Fsp3) is 0.353. The highest BCUT2D eigenvalue weighted by atomic mass is 32.1. The van der Waals surface area contributed by atoms with Crippen LogP contribution in [0.15, 0.2) is 30.0 Å². The molecule has 0 bridgehead atoms. The van der Waals surface area contributed by atoms with E-state index >= 15 is 0 Å². The summed E-state index contributed by atoms with van der Waals surface area (Å²) in [4.78, 5) is 28.4. The van der Waals surface area contributed by atoms with Crippen LogP contribution in [0.1, 0.15) is 39.8 Å². The molecule has 25 heavy (non-hydrogen) atoms. The van der Waals surface area contributed by atoms with E-state index in [-0.39, 0.29) is 11.8 Å². The summed E-state index contributed by atoms with van der Waals surface area (Å²) in [5.41, 5.74) is 1.68. The second kappa shape index (κ2) is 6.72. The normalized spacial score (nSPS) is 17.6. The summed E-state index contributed by atoms with van der Waals surface area (Å²) in [7, 11) is 0. The lowest BCUT2D eigenvalue weighted by Gasteiger charge is -2.31. The van der Waals surface area contributed by atoms with Crippen molar-refractivity contribution in [1.29, 1.82) is 0 Å². The maximum atomic E-state index is 12.8. The Morgan fingerprint density at radius 2 is 2.32 bits per heavy atom. The summed E-state index contributed by atoms with van der Waals surface area (Å²) < 4.78 is 0. The van der Waals surface area contributed by atoms with E-state index in [2.05, 4.69) is 25.1 Å². The predicted molar refractivity (Wildman–Crippen MR) is 94.3 cm³/mol. The van der Waals surface area contributed by atoms with Crippen molar-refractivity contribution in [3.8, 4) is 11.5 Å². The Bertz CT molecular complexity index is 874. The average Bonchev–Trinajstić information content (AvgIpc) is 3.31. The Morgan fingerprint density at radius 3 is 3.08 bits per heavy atom. The lowest BCUT2D eigenvalue weighted by molar-refractivity contribution is 0.0709. The molecule has 4 heterocycles. The number of thiophene rings is 1. The zero-order valence-electron chi connectivity index (χ0n) is 13.8. The Labute approximate surface area is 149 Å². The molecule has 7 nitrogen and oxygen atoms in total. The maximum absolute atomic E-state index is 12.8. The molecule has 1 fully saturated rings. The molecule has 0 saturated carbocycles. The Balaban J connectivity index is 1.51. The van der Waals surface area contributed by atoms with E-state index in [1.165, 1.54) is 11.3 Å². The number of carbonyl (C=O) groups is 1. The monoisotopic (exact) mass is 354 g/mol. The van der Waals surface area contributed by atoms with Gasteiger partial charge in [0.2, 0.25) is 5.82 Å². The molecule has 0 spiro atoms. The van der Waals surface area contributed by atoms with Gasteiger partial charge in [-0.05, 0) is 36.8 Å². The molecule has 4 rings (SSSR count). The smallest absolute Gasteiger partial charge is 0.264 e. The molecular formula is C17H18N6OS. The summed E-state index contributed by atoms with van der Waals surface area (Å²) in [6, 6.07) is 1.99. The molecule has 0 aromatic carbocycles. The van der Waals surface area contributed by atoms with Gasteiger partial charge in [-0.3, -0.25) is 14.9 Å². The third-order valence-electron chi connectivity index (χ3n) is 4.45. The van der Waals surface area contributed by atoms with Crippen molar-refractivity contribution < 1.29 is 4.79 Å². The number of piperidine rings is 1. The molecule has 0 aliphatic carbocycles. The van der Waals surface area contributed by atoms with E-state index < -0.39 is 0 Å². The van der Waals surface area contributed by atoms with E-state index in [0.29, 0.717) is 18.1 Å². The van der Waals surface area contributed by atoms with Gasteiger partial charge in [0.25, 0.3) is 5.91 Å². The number of rotatable bonds is 3. The van der Waals surface area contributed by atoms with Gasteiger partial charge in [0.15, 0.2) is 0 Å². The Kier molecular flexibility index (Phi) is 4.27. The van der Waals surface area contributed by atoms with E-state index in [0.717, 1.165) is 35.7 Å². The molecule has 1 aliphatic rings. The van der Waals surface area contributed by atoms with E-state index in [9.17, 15) is 4.79 Å². The molecule has 3 aromatic heterocycles. The first kappa shape index (κ1) is 15.9. The highest BCUT2D eigenvalue weighted by Crippen LogP contribution is 2.28. The second-order valence-corrected chi connectivity index (χ2v) is 7.07. The third-order valence-corrected chi connectivity index (χ3v) is 5.45. The minimum absolute atomic E-state index is 0.117. The lowest BCUT2D eigenvalue weighted by atomic mass is 9.97. The molecule has 8 heteroatoms. The fourth-order valence-electron chi connectivity index (χ4n) is 3.11. The van der Waals surface area contributed by atoms with Crippen molar-refractivity contribution >= 4 is 17.2 Å². The number of nitrogens with one attached hydrogen (secondary N) is 1. The number of carbonyl (C=O) groups excluding carboxylic acids is 1. The molecule has 1 unspecified atom stereocenters. The topological polar surface area (TPSA) is 87.7 Å². The van der Waals surface area contributed by atoms with Gasteiger partial charge in [-0.2, -0.15) is 5.10 Å². The van der Waals surface area contributed by atoms with Crippen molar-refractivity contribution in [3.05, 3.63) is 46.3 Å². The largest absolute Gasteiger partial charge is 0.337 e. The highest BCUT2D eigenvalue weighted by Gasteiger charge is 2.28. The number of nitrogens with zero attached hydrogens (tertiary/aromatic N) is 5. The third kappa shape index (κ3) is 3.17. The zero-order chi connectivity index (χ0) is 17.2. The van der Waals surface area contributed by atoms with Gasteiger partial charge in [0.05, 0.1) is 11.1 Å². The first-order valence-corrected chi connectivity index (χ1v) is 9.12. The van der Waals surface area contributed by atoms with Crippen LogP contribution in [0.4, 0.5) is 0 Å². The molecule has 3 aromatic rings. The minimum Gasteiger partial charge on any atom is -0.337 e. The molecule has 1 amide bonds. The van der Waals surface area contributed by atoms with Crippen LogP contribution >= 0.6 is 11.3 Å². The number of amides is 1. The van der Waals surface area contributed by atoms with Crippen LogP contribution in [0, 0.1) is 6.92 Å². The Morgan fingerprint density at radius 1 is 1.40 bits per heavy atom. The summed E-state index contributed by atoms with van der Waals surface area (Å²) in [6.45, 7) is 3.43. The molecule has 1 N–H and O–H groups in total. The molecule has 1 atom stereocenters. The number of aromatic nitrogens is 5. The van der Waals surface area contributed by atoms with Crippen LogP contribution in [0.25, 0.3) is 11.5 Å². The summed E-state index contributed by atoms with van der Waals surface area (Å²) >= 11 is 1.51. The van der Waals surface area contributed by atoms with Crippen LogP contribution in [0.3, 0.4) is 0 Å². The van der Waals surface area contributed by atoms with Crippen molar-refractivity contribution in [2.45, 2.75) is 25.7 Å². The second-order valence-electron chi connectivity index (χ2n) is 6.16. The first-order chi connectivity index (χ1) is 12.2. The minimum atomic E-state index is 0.117. The van der Waals surface area contributed by atoms with Crippen LogP contribution in [-0.2, 0) is 0 Å². The van der Waals surface area contributed by atoms with Crippen LogP contribution in [0.5, 0.6) is 0 Å². The molecule has 1 aliphatic heterocycles. The lowest BCUT2D eigenvalue weighted by Crippen LogP contribution is -2.39. The molecular weight excluding hydrogens is 336 g/mol. The van der Waals surface area contributed by atoms with Gasteiger partial charge >= 0.3 is 0 Å². The molecule has 0 radical (unpaired) electrons. The van der Waals surface area contributed by atoms with E-state index in [1.54, 1.807) is 18.6 Å². The van der Waals surface area contributed by atoms with Crippen LogP contribution in [0.2, 0.25) is 0 Å². The zero-order valence-corrected chi connectivity index (χ0v) is 14.7. The number of hydrogen-bond donors (Lipinski definition) is 1. The van der Waals surface area contributed by atoms with Gasteiger partial charge in [-0.1, -0.05) is 0 Å². The maximum Gasteiger partial charge on any atom is 0.264 e. The number of H-pyrrole nitrogens is 1. The van der Waals surface area contributed by atoms with Crippen molar-refractivity contribution in [1.82, 2.24) is 30.0 Å². The molecule has 128 valence electrons. The predicted octanol–water partition coefficient (Wildman–Crippen LogP) is 2.65. The van der Waals surface area contributed by atoms with Gasteiger partial charge in [0, 0.05) is 31.4 Å². The van der Waals surface area contributed by atoms with Gasteiger partial charge in [0.1, 0.15) is 11.5 Å². The number of aromatic amines is 1. The van der Waals surface area contributed by atoms with Crippen LogP contribution in [-0.4, -0.2) is 49.0 Å². The van der Waals surface area contributed by atoms with Crippen molar-refractivity contribution in [3.63, 3.8) is 0 Å². The Hall–Kier alpha value is -2.61. The van der Waals surface area contributed by atoms with Gasteiger partial charge < -0.3 is 4.90 Å². The first-order valence-electron chi connectivity index (χ1n) is 8.24. The standard InChI is InChI=1S/C17H18N6OS/c1-11-4-8-25-14(11)17(24)23-7-2-3-12(10-23)15-20-16(22-21-15)13-9-18-5-6-19-13/h4-6,8-9,12H,2-3,7,10H2,1H3,(H,20,21,22). The van der Waals surface area contributed by atoms with Gasteiger partial charge in [-0.15, -0.1) is 11.3 Å². The van der Waals surface area contributed by atoms with E-state index in [1.807, 2.05) is 23.3 Å². The summed E-state index contributed by atoms with van der Waals surface area (Å²) in [5.74, 6) is 1.63. The number of aryl methyl sites for hydroxylation is 1. The van der Waals surface area contributed by atoms with Crippen molar-refractivity contribution in [2.24, 2.45) is 0 Å².